The molecule has 0 spiro atoms. The van der Waals surface area contributed by atoms with E-state index in [1.165, 1.54) is 17.4 Å². The quantitative estimate of drug-likeness (QED) is 0.187. The molecule has 1 saturated carbocycles. The molecule has 1 aromatic heterocycles. The van der Waals surface area contributed by atoms with Crippen molar-refractivity contribution >= 4 is 29.0 Å². The molecule has 180 valence electrons. The van der Waals surface area contributed by atoms with Crippen molar-refractivity contribution < 1.29 is 24.0 Å². The summed E-state index contributed by atoms with van der Waals surface area (Å²) in [5.41, 5.74) is 1.44. The number of thiophene rings is 1. The summed E-state index contributed by atoms with van der Waals surface area (Å²) in [7, 11) is 3.11. The van der Waals surface area contributed by atoms with Crippen LogP contribution in [0.25, 0.3) is 6.08 Å². The monoisotopic (exact) mass is 491 g/mol. The fourth-order valence-electron chi connectivity index (χ4n) is 4.70. The molecule has 0 saturated heterocycles. The second-order valence-corrected chi connectivity index (χ2v) is 9.33. The number of benzene rings is 2. The van der Waals surface area contributed by atoms with Crippen molar-refractivity contribution in [3.05, 3.63) is 98.2 Å². The molecular formula is C27H25NO6S. The van der Waals surface area contributed by atoms with Crippen LogP contribution in [0.2, 0.25) is 0 Å². The zero-order chi connectivity index (χ0) is 24.9. The molecule has 0 bridgehead atoms. The Morgan fingerprint density at radius 2 is 1.66 bits per heavy atom. The van der Waals surface area contributed by atoms with Crippen LogP contribution >= 0.6 is 11.3 Å². The molecule has 1 heterocycles. The molecule has 4 atom stereocenters. The van der Waals surface area contributed by atoms with E-state index >= 15 is 0 Å². The van der Waals surface area contributed by atoms with E-state index in [0.717, 1.165) is 5.56 Å². The normalized spacial score (nSPS) is 22.2. The summed E-state index contributed by atoms with van der Waals surface area (Å²) in [4.78, 5) is 39.5. The Balaban J connectivity index is 1.70. The van der Waals surface area contributed by atoms with E-state index < -0.39 is 29.6 Å². The summed E-state index contributed by atoms with van der Waals surface area (Å²) >= 11 is 1.33. The summed E-state index contributed by atoms with van der Waals surface area (Å²) in [5, 5.41) is 14.2. The van der Waals surface area contributed by atoms with E-state index in [0.29, 0.717) is 21.9 Å². The van der Waals surface area contributed by atoms with Gasteiger partial charge in [-0.05, 0) is 52.9 Å². The maximum Gasteiger partial charge on any atom is 0.229 e. The van der Waals surface area contributed by atoms with E-state index in [1.54, 1.807) is 81.0 Å². The highest BCUT2D eigenvalue weighted by atomic mass is 32.1. The first-order chi connectivity index (χ1) is 16.9. The highest BCUT2D eigenvalue weighted by Gasteiger charge is 2.54. The summed E-state index contributed by atoms with van der Waals surface area (Å²) in [6.45, 7) is 0. The second kappa shape index (κ2) is 10.7. The highest BCUT2D eigenvalue weighted by molar-refractivity contribution is 7.10. The van der Waals surface area contributed by atoms with E-state index in [-0.39, 0.29) is 17.1 Å². The molecule has 0 radical (unpaired) electrons. The van der Waals surface area contributed by atoms with Crippen molar-refractivity contribution in [2.75, 3.05) is 14.2 Å². The predicted molar refractivity (Wildman–Crippen MR) is 134 cm³/mol. The first kappa shape index (κ1) is 24.3. The Labute approximate surface area is 207 Å². The number of nitro groups is 1. The zero-order valence-electron chi connectivity index (χ0n) is 19.3. The van der Waals surface area contributed by atoms with Gasteiger partial charge >= 0.3 is 0 Å². The van der Waals surface area contributed by atoms with Crippen LogP contribution in [0.3, 0.4) is 0 Å². The molecule has 4 unspecified atom stereocenters. The van der Waals surface area contributed by atoms with Gasteiger partial charge in [0.1, 0.15) is 17.3 Å². The molecule has 2 aromatic carbocycles. The Morgan fingerprint density at radius 1 is 1.03 bits per heavy atom. The molecule has 8 heteroatoms. The SMILES string of the molecule is COc1ccc(/C=C/C(=O)C2C(=O)CC(c3ccc(OC)cc3)C([N+](=O)[O-])C2c2cccs2)cc1. The first-order valence-corrected chi connectivity index (χ1v) is 12.0. The average molecular weight is 492 g/mol. The lowest BCUT2D eigenvalue weighted by atomic mass is 9.66. The second-order valence-electron chi connectivity index (χ2n) is 8.35. The third kappa shape index (κ3) is 5.17. The number of ether oxygens (including phenoxy) is 2. The standard InChI is InChI=1S/C27H25NO6S/c1-33-19-10-5-17(6-11-19)7-14-22(29)25-23(30)16-21(18-8-12-20(34-2)13-9-18)27(28(31)32)26(25)24-4-3-15-35-24/h3-15,21,25-27H,16H2,1-2H3/b14-7+. The number of Topliss-reactive ketones (excluding diaryl/α,β-unsaturated/α-hetero) is 1. The van der Waals surface area contributed by atoms with Gasteiger partial charge in [0, 0.05) is 16.2 Å². The predicted octanol–water partition coefficient (Wildman–Crippen LogP) is 5.15. The molecule has 4 rings (SSSR count). The van der Waals surface area contributed by atoms with Gasteiger partial charge in [-0.1, -0.05) is 36.4 Å². The molecule has 35 heavy (non-hydrogen) atoms. The maximum absolute atomic E-state index is 13.4. The van der Waals surface area contributed by atoms with Crippen molar-refractivity contribution in [3.63, 3.8) is 0 Å². The van der Waals surface area contributed by atoms with Crippen molar-refractivity contribution in [1.29, 1.82) is 0 Å². The number of ketones is 2. The van der Waals surface area contributed by atoms with Crippen LogP contribution in [0, 0.1) is 16.0 Å². The Morgan fingerprint density at radius 3 is 2.20 bits per heavy atom. The van der Waals surface area contributed by atoms with Crippen LogP contribution in [0.15, 0.2) is 72.1 Å². The van der Waals surface area contributed by atoms with E-state index in [1.807, 2.05) is 5.38 Å². The van der Waals surface area contributed by atoms with Crippen LogP contribution in [-0.2, 0) is 9.59 Å². The zero-order valence-corrected chi connectivity index (χ0v) is 20.1. The number of hydrogen-bond acceptors (Lipinski definition) is 7. The van der Waals surface area contributed by atoms with Gasteiger partial charge in [-0.15, -0.1) is 11.3 Å². The van der Waals surface area contributed by atoms with Crippen LogP contribution < -0.4 is 9.47 Å². The van der Waals surface area contributed by atoms with Crippen LogP contribution in [-0.4, -0.2) is 36.8 Å². The Kier molecular flexibility index (Phi) is 7.41. The summed E-state index contributed by atoms with van der Waals surface area (Å²) < 4.78 is 10.3. The number of hydrogen-bond donors (Lipinski definition) is 0. The fraction of sp³-hybridized carbons (Fsp3) is 0.259. The first-order valence-electron chi connectivity index (χ1n) is 11.1. The largest absolute Gasteiger partial charge is 0.497 e. The fourth-order valence-corrected chi connectivity index (χ4v) is 5.61. The van der Waals surface area contributed by atoms with E-state index in [2.05, 4.69) is 0 Å². The molecular weight excluding hydrogens is 466 g/mol. The Bertz CT molecular complexity index is 1220. The number of carbonyl (C=O) groups excluding carboxylic acids is 2. The van der Waals surface area contributed by atoms with Gasteiger partial charge in [0.15, 0.2) is 5.78 Å². The summed E-state index contributed by atoms with van der Waals surface area (Å²) in [6.07, 6.45) is 2.90. The summed E-state index contributed by atoms with van der Waals surface area (Å²) in [6, 6.07) is 16.5. The van der Waals surface area contributed by atoms with E-state index in [9.17, 15) is 19.7 Å². The number of carbonyl (C=O) groups is 2. The van der Waals surface area contributed by atoms with Crippen LogP contribution in [0.4, 0.5) is 0 Å². The molecule has 1 aliphatic rings. The van der Waals surface area contributed by atoms with Crippen LogP contribution in [0.1, 0.15) is 34.3 Å². The molecule has 0 N–H and O–H groups in total. The van der Waals surface area contributed by atoms with Crippen molar-refractivity contribution in [2.45, 2.75) is 24.3 Å². The minimum Gasteiger partial charge on any atom is -0.497 e. The molecule has 1 aliphatic carbocycles. The van der Waals surface area contributed by atoms with Gasteiger partial charge in [-0.2, -0.15) is 0 Å². The van der Waals surface area contributed by atoms with Gasteiger partial charge in [0.2, 0.25) is 6.04 Å². The molecule has 1 fully saturated rings. The third-order valence-corrected chi connectivity index (χ3v) is 7.40. The molecule has 0 aliphatic heterocycles. The molecule has 3 aromatic rings. The molecule has 7 nitrogen and oxygen atoms in total. The summed E-state index contributed by atoms with van der Waals surface area (Å²) in [5.74, 6) is -2.02. The number of rotatable bonds is 8. The average Bonchev–Trinajstić information content (AvgIpc) is 3.41. The lowest BCUT2D eigenvalue weighted by Crippen LogP contribution is -2.48. The lowest BCUT2D eigenvalue weighted by molar-refractivity contribution is -0.533. The minimum atomic E-state index is -1.12. The van der Waals surface area contributed by atoms with Crippen LogP contribution in [0.5, 0.6) is 11.5 Å². The van der Waals surface area contributed by atoms with Crippen molar-refractivity contribution in [2.24, 2.45) is 5.92 Å². The lowest BCUT2D eigenvalue weighted by Gasteiger charge is -2.36. The van der Waals surface area contributed by atoms with Gasteiger partial charge in [-0.25, -0.2) is 0 Å². The van der Waals surface area contributed by atoms with Crippen molar-refractivity contribution in [3.8, 4) is 11.5 Å². The van der Waals surface area contributed by atoms with Gasteiger partial charge < -0.3 is 9.47 Å². The van der Waals surface area contributed by atoms with Gasteiger partial charge in [0.25, 0.3) is 0 Å². The van der Waals surface area contributed by atoms with E-state index in [4.69, 9.17) is 9.47 Å². The smallest absolute Gasteiger partial charge is 0.229 e. The minimum absolute atomic E-state index is 0.0768. The number of methoxy groups -OCH3 is 2. The number of nitrogens with zero attached hydrogens (tertiary/aromatic N) is 1. The van der Waals surface area contributed by atoms with Gasteiger partial charge in [0.05, 0.1) is 32.0 Å². The van der Waals surface area contributed by atoms with Crippen molar-refractivity contribution in [1.82, 2.24) is 0 Å². The number of allylic oxidation sites excluding steroid dienone is 1. The maximum atomic E-state index is 13.4. The molecule has 0 amide bonds. The third-order valence-electron chi connectivity index (χ3n) is 6.43. The van der Waals surface area contributed by atoms with Gasteiger partial charge in [-0.3, -0.25) is 19.7 Å². The highest BCUT2D eigenvalue weighted by Crippen LogP contribution is 2.46. The Hall–Kier alpha value is -3.78. The topological polar surface area (TPSA) is 95.7 Å².